The Balaban J connectivity index is 1.62. The summed E-state index contributed by atoms with van der Waals surface area (Å²) < 4.78 is 41.1. The molecule has 36 heavy (non-hydrogen) atoms. The number of nitrogens with one attached hydrogen (secondary N) is 1. The van der Waals surface area contributed by atoms with Gasteiger partial charge in [0.15, 0.2) is 17.0 Å². The fraction of sp³-hybridized carbons (Fsp3) is 0.250. The van der Waals surface area contributed by atoms with Crippen LogP contribution < -0.4 is 16.6 Å². The molecule has 0 saturated heterocycles. The van der Waals surface area contributed by atoms with Gasteiger partial charge in [-0.3, -0.25) is 23.7 Å². The molecule has 4 aromatic heterocycles. The number of anilines is 1. The first-order valence-corrected chi connectivity index (χ1v) is 10.2. The van der Waals surface area contributed by atoms with Crippen LogP contribution in [-0.4, -0.2) is 50.8 Å². The fourth-order valence-electron chi connectivity index (χ4n) is 3.35. The molecule has 0 aliphatic rings. The van der Waals surface area contributed by atoms with Crippen molar-refractivity contribution >= 4 is 29.2 Å². The van der Waals surface area contributed by atoms with Crippen LogP contribution >= 0.6 is 0 Å². The maximum absolute atomic E-state index is 12.9. The molecule has 0 aliphatic heterocycles. The van der Waals surface area contributed by atoms with Gasteiger partial charge in [0.25, 0.3) is 5.56 Å². The molecule has 13 nitrogen and oxygen atoms in total. The minimum absolute atomic E-state index is 0.0240. The lowest BCUT2D eigenvalue weighted by atomic mass is 10.2. The summed E-state index contributed by atoms with van der Waals surface area (Å²) in [6.07, 6.45) is 1.24. The molecule has 16 heteroatoms. The number of halogens is 3. The second-order valence-electron chi connectivity index (χ2n) is 7.50. The third-order valence-electron chi connectivity index (χ3n) is 5.20. The van der Waals surface area contributed by atoms with E-state index in [-0.39, 0.29) is 28.2 Å². The first-order valence-electron chi connectivity index (χ1n) is 10.2. The molecule has 0 aliphatic carbocycles. The summed E-state index contributed by atoms with van der Waals surface area (Å²) in [6.45, 7) is 0.995. The molecule has 4 rings (SSSR count). The Labute approximate surface area is 198 Å². The number of fused-ring (bicyclic) bond motifs is 1. The number of aromatic nitrogens is 8. The molecular weight excluding hydrogens is 487 g/mol. The number of hydrogen-bond acceptors (Lipinski definition) is 9. The maximum Gasteiger partial charge on any atom is 0.451 e. The van der Waals surface area contributed by atoms with Crippen molar-refractivity contribution in [2.24, 2.45) is 7.05 Å². The monoisotopic (exact) mass is 503 g/mol. The fourth-order valence-corrected chi connectivity index (χ4v) is 3.35. The van der Waals surface area contributed by atoms with Gasteiger partial charge in [-0.2, -0.15) is 13.2 Å². The van der Waals surface area contributed by atoms with E-state index in [2.05, 4.69) is 30.2 Å². The lowest BCUT2D eigenvalue weighted by Gasteiger charge is -2.15. The number of alkyl halides is 3. The van der Waals surface area contributed by atoms with Crippen LogP contribution in [0.1, 0.15) is 18.8 Å². The molecule has 0 unspecified atom stereocenters. The highest BCUT2D eigenvalue weighted by Gasteiger charge is 2.34. The van der Waals surface area contributed by atoms with Crippen molar-refractivity contribution in [1.82, 2.24) is 38.6 Å². The standard InChI is InChI=1S/C20H16F3N9O4/c1-10(32-9-27-15-14(32)17(35)31(3-4-33)19(36)30(15)2)16(34)29-13-8-24-7-12(28-13)11-5-25-18(26-6-11)20(21,22)23/h4-10H,3H2,1-2H3,(H,28,29,34)/t10-/m0/s1. The Kier molecular flexibility index (Phi) is 6.17. The highest BCUT2D eigenvalue weighted by Crippen LogP contribution is 2.26. The van der Waals surface area contributed by atoms with E-state index in [4.69, 9.17) is 0 Å². The highest BCUT2D eigenvalue weighted by atomic mass is 19.4. The predicted octanol–water partition coefficient (Wildman–Crippen LogP) is 0.561. The molecule has 4 aromatic rings. The second-order valence-corrected chi connectivity index (χ2v) is 7.50. The number of carbonyl (C=O) groups is 2. The number of rotatable bonds is 6. The average molecular weight is 503 g/mol. The molecule has 0 saturated carbocycles. The summed E-state index contributed by atoms with van der Waals surface area (Å²) in [6, 6.07) is -1.02. The highest BCUT2D eigenvalue weighted by molar-refractivity contribution is 5.93. The molecule has 1 atom stereocenters. The molecular formula is C20H16F3N9O4. The van der Waals surface area contributed by atoms with Crippen molar-refractivity contribution in [2.75, 3.05) is 5.32 Å². The van der Waals surface area contributed by atoms with E-state index in [1.165, 1.54) is 37.3 Å². The minimum Gasteiger partial charge on any atom is -0.312 e. The van der Waals surface area contributed by atoms with Crippen molar-refractivity contribution in [3.63, 3.8) is 0 Å². The number of carbonyl (C=O) groups excluding carboxylic acids is 2. The summed E-state index contributed by atoms with van der Waals surface area (Å²) >= 11 is 0. The minimum atomic E-state index is -4.70. The molecule has 1 N–H and O–H groups in total. The zero-order valence-corrected chi connectivity index (χ0v) is 18.6. The molecule has 186 valence electrons. The lowest BCUT2D eigenvalue weighted by molar-refractivity contribution is -0.145. The summed E-state index contributed by atoms with van der Waals surface area (Å²) in [4.78, 5) is 67.7. The Hall–Kier alpha value is -4.76. The van der Waals surface area contributed by atoms with Crippen molar-refractivity contribution in [3.05, 3.63) is 57.8 Å². The van der Waals surface area contributed by atoms with Gasteiger partial charge in [-0.1, -0.05) is 0 Å². The zero-order valence-electron chi connectivity index (χ0n) is 18.6. The number of aryl methyl sites for hydroxylation is 1. The van der Waals surface area contributed by atoms with Gasteiger partial charge in [0.1, 0.15) is 12.3 Å². The Bertz CT molecular complexity index is 1590. The van der Waals surface area contributed by atoms with Crippen LogP contribution in [0.25, 0.3) is 22.4 Å². The lowest BCUT2D eigenvalue weighted by Crippen LogP contribution is -2.40. The van der Waals surface area contributed by atoms with Crippen LogP contribution in [-0.2, 0) is 29.4 Å². The second kappa shape index (κ2) is 9.12. The van der Waals surface area contributed by atoms with Gasteiger partial charge in [0.05, 0.1) is 31.0 Å². The molecule has 0 radical (unpaired) electrons. The van der Waals surface area contributed by atoms with Crippen LogP contribution in [0, 0.1) is 0 Å². The van der Waals surface area contributed by atoms with Crippen LogP contribution in [0.4, 0.5) is 19.0 Å². The van der Waals surface area contributed by atoms with Crippen LogP contribution in [0.5, 0.6) is 0 Å². The van der Waals surface area contributed by atoms with Crippen LogP contribution in [0.2, 0.25) is 0 Å². The van der Waals surface area contributed by atoms with Gasteiger partial charge in [-0.05, 0) is 6.92 Å². The summed E-state index contributed by atoms with van der Waals surface area (Å²) in [5.41, 5.74) is -1.33. The summed E-state index contributed by atoms with van der Waals surface area (Å²) in [5.74, 6) is -1.98. The maximum atomic E-state index is 12.9. The first-order chi connectivity index (χ1) is 17.0. The van der Waals surface area contributed by atoms with Gasteiger partial charge in [0, 0.05) is 25.0 Å². The largest absolute Gasteiger partial charge is 0.451 e. The van der Waals surface area contributed by atoms with E-state index < -0.39 is 41.7 Å². The Morgan fingerprint density at radius 3 is 2.47 bits per heavy atom. The Morgan fingerprint density at radius 1 is 1.14 bits per heavy atom. The van der Waals surface area contributed by atoms with E-state index in [9.17, 15) is 32.3 Å². The number of imidazole rings is 1. The molecule has 0 fully saturated rings. The van der Waals surface area contributed by atoms with Gasteiger partial charge in [-0.25, -0.2) is 24.7 Å². The zero-order chi connectivity index (χ0) is 26.2. The quantitative estimate of drug-likeness (QED) is 0.371. The normalized spacial score (nSPS) is 12.5. The van der Waals surface area contributed by atoms with Crippen molar-refractivity contribution < 1.29 is 22.8 Å². The summed E-state index contributed by atoms with van der Waals surface area (Å²) in [7, 11) is 1.37. The van der Waals surface area contributed by atoms with E-state index in [0.717, 1.165) is 21.5 Å². The molecule has 0 bridgehead atoms. The van der Waals surface area contributed by atoms with Gasteiger partial charge in [0.2, 0.25) is 11.7 Å². The third kappa shape index (κ3) is 4.35. The van der Waals surface area contributed by atoms with Gasteiger partial charge in [-0.15, -0.1) is 0 Å². The SMILES string of the molecule is C[C@@H](C(=O)Nc1cncc(-c2cnc(C(F)(F)F)nc2)n1)n1cnc2c1c(=O)n(CC=O)c(=O)n2C. The number of nitrogens with zero attached hydrogens (tertiary/aromatic N) is 8. The Morgan fingerprint density at radius 2 is 1.83 bits per heavy atom. The first kappa shape index (κ1) is 24.4. The van der Waals surface area contributed by atoms with Crippen molar-refractivity contribution in [2.45, 2.75) is 25.7 Å². The molecule has 4 heterocycles. The van der Waals surface area contributed by atoms with E-state index >= 15 is 0 Å². The molecule has 0 spiro atoms. The molecule has 1 amide bonds. The van der Waals surface area contributed by atoms with Crippen molar-refractivity contribution in [3.8, 4) is 11.3 Å². The summed E-state index contributed by atoms with van der Waals surface area (Å²) in [5, 5.41) is 2.51. The smallest absolute Gasteiger partial charge is 0.312 e. The van der Waals surface area contributed by atoms with E-state index in [0.29, 0.717) is 6.29 Å². The van der Waals surface area contributed by atoms with E-state index in [1.54, 1.807) is 0 Å². The van der Waals surface area contributed by atoms with Crippen molar-refractivity contribution in [1.29, 1.82) is 0 Å². The number of amides is 1. The number of aldehydes is 1. The van der Waals surface area contributed by atoms with E-state index in [1.807, 2.05) is 0 Å². The predicted molar refractivity (Wildman–Crippen MR) is 117 cm³/mol. The average Bonchev–Trinajstić information content (AvgIpc) is 3.30. The third-order valence-corrected chi connectivity index (χ3v) is 5.20. The van der Waals surface area contributed by atoms with Crippen LogP contribution in [0.15, 0.2) is 40.7 Å². The topological polar surface area (TPSA) is 160 Å². The molecule has 0 aromatic carbocycles. The van der Waals surface area contributed by atoms with Crippen LogP contribution in [0.3, 0.4) is 0 Å². The number of hydrogen-bond donors (Lipinski definition) is 1. The van der Waals surface area contributed by atoms with Gasteiger partial charge >= 0.3 is 11.9 Å². The van der Waals surface area contributed by atoms with Gasteiger partial charge < -0.3 is 14.7 Å².